The molecule has 3 rings (SSSR count). The summed E-state index contributed by atoms with van der Waals surface area (Å²) in [5, 5.41) is 5.69. The van der Waals surface area contributed by atoms with E-state index in [-0.39, 0.29) is 11.9 Å². The van der Waals surface area contributed by atoms with E-state index in [0.717, 1.165) is 24.2 Å². The average molecular weight is 376 g/mol. The molecule has 0 heterocycles. The molecule has 0 aliphatic heterocycles. The van der Waals surface area contributed by atoms with Crippen molar-refractivity contribution in [3.05, 3.63) is 77.9 Å². The van der Waals surface area contributed by atoms with Gasteiger partial charge in [0.25, 0.3) is 0 Å². The number of hydrogen-bond acceptors (Lipinski definition) is 2. The summed E-state index contributed by atoms with van der Waals surface area (Å²) in [5.41, 5.74) is 2.34. The number of methoxy groups -OCH3 is 1. The van der Waals surface area contributed by atoms with E-state index in [1.807, 2.05) is 36.4 Å². The summed E-state index contributed by atoms with van der Waals surface area (Å²) < 4.78 is 5.25. The SMILES string of the molecule is COc1ccc([C@@H](CC(C)C)NC(=O)CCc2cccc3ccccc23)cc1. The lowest BCUT2D eigenvalue weighted by molar-refractivity contribution is -0.121. The molecule has 0 aromatic heterocycles. The largest absolute Gasteiger partial charge is 0.497 e. The van der Waals surface area contributed by atoms with E-state index in [1.54, 1.807) is 7.11 Å². The second kappa shape index (κ2) is 9.41. The Morgan fingerprint density at radius 2 is 1.68 bits per heavy atom. The Kier molecular flexibility index (Phi) is 6.70. The van der Waals surface area contributed by atoms with Gasteiger partial charge in [0, 0.05) is 6.42 Å². The lowest BCUT2D eigenvalue weighted by atomic mass is 9.96. The topological polar surface area (TPSA) is 38.3 Å². The van der Waals surface area contributed by atoms with E-state index < -0.39 is 0 Å². The Morgan fingerprint density at radius 1 is 0.964 bits per heavy atom. The van der Waals surface area contributed by atoms with Crippen molar-refractivity contribution in [3.63, 3.8) is 0 Å². The first-order valence-electron chi connectivity index (χ1n) is 9.96. The average Bonchev–Trinajstić information content (AvgIpc) is 2.71. The molecule has 0 radical (unpaired) electrons. The molecule has 0 saturated carbocycles. The zero-order valence-electron chi connectivity index (χ0n) is 16.9. The molecule has 0 aliphatic rings. The van der Waals surface area contributed by atoms with Crippen LogP contribution in [0.25, 0.3) is 10.8 Å². The van der Waals surface area contributed by atoms with Gasteiger partial charge in [-0.3, -0.25) is 4.79 Å². The molecule has 0 bridgehead atoms. The van der Waals surface area contributed by atoms with Crippen molar-refractivity contribution in [2.75, 3.05) is 7.11 Å². The first-order valence-corrected chi connectivity index (χ1v) is 9.96. The highest BCUT2D eigenvalue weighted by Crippen LogP contribution is 2.24. The number of benzene rings is 3. The van der Waals surface area contributed by atoms with Crippen molar-refractivity contribution in [2.45, 2.75) is 39.2 Å². The van der Waals surface area contributed by atoms with Crippen molar-refractivity contribution in [1.29, 1.82) is 0 Å². The third-order valence-electron chi connectivity index (χ3n) is 5.06. The fourth-order valence-corrected chi connectivity index (χ4v) is 3.61. The number of rotatable bonds is 8. The van der Waals surface area contributed by atoms with E-state index >= 15 is 0 Å². The first kappa shape index (κ1) is 19.9. The van der Waals surface area contributed by atoms with Gasteiger partial charge in [0.1, 0.15) is 5.75 Å². The van der Waals surface area contributed by atoms with Gasteiger partial charge in [-0.15, -0.1) is 0 Å². The number of nitrogens with one attached hydrogen (secondary N) is 1. The molecule has 0 saturated heterocycles. The summed E-state index contributed by atoms with van der Waals surface area (Å²) in [6.45, 7) is 4.36. The zero-order chi connectivity index (χ0) is 19.9. The maximum absolute atomic E-state index is 12.7. The molecule has 28 heavy (non-hydrogen) atoms. The van der Waals surface area contributed by atoms with Gasteiger partial charge in [0.05, 0.1) is 13.2 Å². The van der Waals surface area contributed by atoms with Gasteiger partial charge in [-0.25, -0.2) is 0 Å². The second-order valence-corrected chi connectivity index (χ2v) is 7.66. The van der Waals surface area contributed by atoms with Crippen molar-refractivity contribution >= 4 is 16.7 Å². The minimum Gasteiger partial charge on any atom is -0.497 e. The number of hydrogen-bond donors (Lipinski definition) is 1. The van der Waals surface area contributed by atoms with Crippen LogP contribution in [0.2, 0.25) is 0 Å². The monoisotopic (exact) mass is 375 g/mol. The molecule has 146 valence electrons. The highest BCUT2D eigenvalue weighted by Gasteiger charge is 2.16. The van der Waals surface area contributed by atoms with Gasteiger partial charge in [-0.1, -0.05) is 68.4 Å². The molecule has 3 nitrogen and oxygen atoms in total. The van der Waals surface area contributed by atoms with Crippen LogP contribution in [0.1, 0.15) is 43.9 Å². The summed E-state index contributed by atoms with van der Waals surface area (Å²) in [5.74, 6) is 1.41. The van der Waals surface area contributed by atoms with Crippen LogP contribution in [-0.2, 0) is 11.2 Å². The summed E-state index contributed by atoms with van der Waals surface area (Å²) in [6, 6.07) is 22.6. The Balaban J connectivity index is 1.67. The maximum atomic E-state index is 12.7. The summed E-state index contributed by atoms with van der Waals surface area (Å²) in [6.07, 6.45) is 2.13. The van der Waals surface area contributed by atoms with E-state index in [4.69, 9.17) is 4.74 Å². The van der Waals surface area contributed by atoms with Crippen molar-refractivity contribution in [1.82, 2.24) is 5.32 Å². The molecule has 1 N–H and O–H groups in total. The van der Waals surface area contributed by atoms with E-state index in [9.17, 15) is 4.79 Å². The standard InChI is InChI=1S/C25H29NO2/c1-18(2)17-24(21-11-14-22(28-3)15-12-21)26-25(27)16-13-20-9-6-8-19-7-4-5-10-23(19)20/h4-12,14-15,18,24H,13,16-17H2,1-3H3,(H,26,27)/t24-/m1/s1. The highest BCUT2D eigenvalue weighted by molar-refractivity contribution is 5.86. The third kappa shape index (κ3) is 5.13. The van der Waals surface area contributed by atoms with E-state index in [2.05, 4.69) is 49.5 Å². The zero-order valence-corrected chi connectivity index (χ0v) is 16.9. The van der Waals surface area contributed by atoms with Gasteiger partial charge < -0.3 is 10.1 Å². The van der Waals surface area contributed by atoms with Gasteiger partial charge in [0.15, 0.2) is 0 Å². The van der Waals surface area contributed by atoms with Crippen LogP contribution in [0, 0.1) is 5.92 Å². The molecular weight excluding hydrogens is 346 g/mol. The fraction of sp³-hybridized carbons (Fsp3) is 0.320. The van der Waals surface area contributed by atoms with Crippen molar-refractivity contribution < 1.29 is 9.53 Å². The molecule has 0 spiro atoms. The number of ether oxygens (including phenoxy) is 1. The molecule has 1 atom stereocenters. The smallest absolute Gasteiger partial charge is 0.220 e. The Morgan fingerprint density at radius 3 is 2.39 bits per heavy atom. The van der Waals surface area contributed by atoms with E-state index in [1.165, 1.54) is 16.3 Å². The van der Waals surface area contributed by atoms with E-state index in [0.29, 0.717) is 12.3 Å². The van der Waals surface area contributed by atoms with Crippen LogP contribution in [0.3, 0.4) is 0 Å². The van der Waals surface area contributed by atoms with Crippen LogP contribution >= 0.6 is 0 Å². The van der Waals surface area contributed by atoms with Gasteiger partial charge in [0.2, 0.25) is 5.91 Å². The minimum absolute atomic E-state index is 0.0194. The Labute approximate surface area is 167 Å². The number of aryl methyl sites for hydroxylation is 1. The van der Waals surface area contributed by atoms with Crippen molar-refractivity contribution in [3.8, 4) is 5.75 Å². The molecule has 0 fully saturated rings. The third-order valence-corrected chi connectivity index (χ3v) is 5.06. The molecule has 1 amide bonds. The predicted octanol–water partition coefficient (Wildman–Crippen LogP) is 5.68. The molecule has 0 unspecified atom stereocenters. The number of carbonyl (C=O) groups is 1. The van der Waals surface area contributed by atoms with Crippen LogP contribution < -0.4 is 10.1 Å². The predicted molar refractivity (Wildman–Crippen MR) is 116 cm³/mol. The maximum Gasteiger partial charge on any atom is 0.220 e. The molecule has 3 aromatic carbocycles. The van der Waals surface area contributed by atoms with Gasteiger partial charge in [-0.2, -0.15) is 0 Å². The number of carbonyl (C=O) groups excluding carboxylic acids is 1. The highest BCUT2D eigenvalue weighted by atomic mass is 16.5. The second-order valence-electron chi connectivity index (χ2n) is 7.66. The molecule has 3 aromatic rings. The van der Waals surface area contributed by atoms with Crippen LogP contribution in [0.4, 0.5) is 0 Å². The summed E-state index contributed by atoms with van der Waals surface area (Å²) in [7, 11) is 1.66. The lowest BCUT2D eigenvalue weighted by Crippen LogP contribution is -2.29. The van der Waals surface area contributed by atoms with Crippen LogP contribution in [0.5, 0.6) is 5.75 Å². The minimum atomic E-state index is 0.0194. The van der Waals surface area contributed by atoms with Crippen LogP contribution in [-0.4, -0.2) is 13.0 Å². The van der Waals surface area contributed by atoms with Gasteiger partial charge >= 0.3 is 0 Å². The summed E-state index contributed by atoms with van der Waals surface area (Å²) in [4.78, 5) is 12.7. The fourth-order valence-electron chi connectivity index (χ4n) is 3.61. The lowest BCUT2D eigenvalue weighted by Gasteiger charge is -2.21. The van der Waals surface area contributed by atoms with Crippen molar-refractivity contribution in [2.24, 2.45) is 5.92 Å². The summed E-state index contributed by atoms with van der Waals surface area (Å²) >= 11 is 0. The molecule has 0 aliphatic carbocycles. The Hall–Kier alpha value is -2.81. The normalized spacial score (nSPS) is 12.1. The quantitative estimate of drug-likeness (QED) is 0.550. The van der Waals surface area contributed by atoms with Crippen LogP contribution in [0.15, 0.2) is 66.7 Å². The first-order chi connectivity index (χ1) is 13.6. The van der Waals surface area contributed by atoms with Gasteiger partial charge in [-0.05, 0) is 52.8 Å². The number of fused-ring (bicyclic) bond motifs is 1. The Bertz CT molecular complexity index is 910. The molecule has 3 heteroatoms. The number of amides is 1. The molecular formula is C25H29NO2.